The molecule has 0 bridgehead atoms. The Kier molecular flexibility index (Phi) is 4.25. The standard InChI is InChI=1S/C13H16N4O2/c1-2-19-12-5-3-10(4-6-12)13(18)9-17-8-11(7-14)15-16-17/h3-6,8H,2,7,9,14H2,1H3. The molecule has 0 unspecified atom stereocenters. The normalized spacial score (nSPS) is 10.4. The molecule has 6 nitrogen and oxygen atoms in total. The average molecular weight is 260 g/mol. The molecule has 0 atom stereocenters. The van der Waals surface area contributed by atoms with E-state index in [-0.39, 0.29) is 12.3 Å². The zero-order chi connectivity index (χ0) is 13.7. The highest BCUT2D eigenvalue weighted by Crippen LogP contribution is 2.13. The number of carbonyl (C=O) groups is 1. The Morgan fingerprint density at radius 2 is 2.11 bits per heavy atom. The first-order valence-electron chi connectivity index (χ1n) is 6.08. The summed E-state index contributed by atoms with van der Waals surface area (Å²) in [5, 5.41) is 7.68. The van der Waals surface area contributed by atoms with Gasteiger partial charge in [0.05, 0.1) is 18.5 Å². The molecule has 1 aromatic carbocycles. The molecule has 2 rings (SSSR count). The maximum atomic E-state index is 12.0. The number of ketones is 1. The van der Waals surface area contributed by atoms with Crippen LogP contribution in [0.2, 0.25) is 0 Å². The topological polar surface area (TPSA) is 83.0 Å². The van der Waals surface area contributed by atoms with E-state index in [1.54, 1.807) is 30.5 Å². The molecule has 19 heavy (non-hydrogen) atoms. The molecule has 0 aliphatic heterocycles. The fourth-order valence-electron chi connectivity index (χ4n) is 1.65. The molecule has 0 aliphatic carbocycles. The maximum absolute atomic E-state index is 12.0. The van der Waals surface area contributed by atoms with Crippen molar-refractivity contribution in [2.75, 3.05) is 6.61 Å². The number of nitrogens with two attached hydrogens (primary N) is 1. The van der Waals surface area contributed by atoms with Crippen molar-refractivity contribution in [3.8, 4) is 5.75 Å². The monoisotopic (exact) mass is 260 g/mol. The first-order chi connectivity index (χ1) is 9.22. The SMILES string of the molecule is CCOc1ccc(C(=O)Cn2cc(CN)nn2)cc1. The summed E-state index contributed by atoms with van der Waals surface area (Å²) in [6.45, 7) is 2.99. The van der Waals surface area contributed by atoms with E-state index in [4.69, 9.17) is 10.5 Å². The van der Waals surface area contributed by atoms with E-state index < -0.39 is 0 Å². The number of rotatable bonds is 6. The number of hydrogen-bond acceptors (Lipinski definition) is 5. The molecule has 0 amide bonds. The second kappa shape index (κ2) is 6.10. The van der Waals surface area contributed by atoms with Crippen LogP contribution in [0.4, 0.5) is 0 Å². The number of Topliss-reactive ketones (excluding diaryl/α,β-unsaturated/α-hetero) is 1. The molecule has 0 fully saturated rings. The van der Waals surface area contributed by atoms with Gasteiger partial charge in [0.1, 0.15) is 12.3 Å². The van der Waals surface area contributed by atoms with Gasteiger partial charge in [0.15, 0.2) is 5.78 Å². The minimum Gasteiger partial charge on any atom is -0.494 e. The first-order valence-corrected chi connectivity index (χ1v) is 6.08. The van der Waals surface area contributed by atoms with Crippen LogP contribution >= 0.6 is 0 Å². The molecule has 0 saturated heterocycles. The second-order valence-corrected chi connectivity index (χ2v) is 3.99. The summed E-state index contributed by atoms with van der Waals surface area (Å²) in [5.41, 5.74) is 6.72. The van der Waals surface area contributed by atoms with Gasteiger partial charge in [-0.05, 0) is 31.2 Å². The van der Waals surface area contributed by atoms with Crippen molar-refractivity contribution in [2.24, 2.45) is 5.73 Å². The van der Waals surface area contributed by atoms with Crippen LogP contribution < -0.4 is 10.5 Å². The summed E-state index contributed by atoms with van der Waals surface area (Å²) >= 11 is 0. The van der Waals surface area contributed by atoms with Crippen molar-refractivity contribution in [1.82, 2.24) is 15.0 Å². The first kappa shape index (κ1) is 13.2. The summed E-state index contributed by atoms with van der Waals surface area (Å²) < 4.78 is 6.81. The Morgan fingerprint density at radius 1 is 1.37 bits per heavy atom. The van der Waals surface area contributed by atoms with Crippen LogP contribution in [0.15, 0.2) is 30.5 Å². The maximum Gasteiger partial charge on any atom is 0.184 e. The number of aromatic nitrogens is 3. The van der Waals surface area contributed by atoms with Crippen LogP contribution in [-0.4, -0.2) is 27.4 Å². The summed E-state index contributed by atoms with van der Waals surface area (Å²) in [7, 11) is 0. The Balaban J connectivity index is 2.02. The third-order valence-electron chi connectivity index (χ3n) is 2.59. The molecule has 2 N–H and O–H groups in total. The fraction of sp³-hybridized carbons (Fsp3) is 0.308. The van der Waals surface area contributed by atoms with Gasteiger partial charge < -0.3 is 10.5 Å². The minimum absolute atomic E-state index is 0.0310. The Morgan fingerprint density at radius 3 is 2.68 bits per heavy atom. The predicted molar refractivity (Wildman–Crippen MR) is 69.9 cm³/mol. The predicted octanol–water partition coefficient (Wildman–Crippen LogP) is 1.02. The Labute approximate surface area is 111 Å². The van der Waals surface area contributed by atoms with Gasteiger partial charge in [-0.1, -0.05) is 5.21 Å². The van der Waals surface area contributed by atoms with Crippen LogP contribution in [0, 0.1) is 0 Å². The van der Waals surface area contributed by atoms with Gasteiger partial charge in [0.2, 0.25) is 0 Å². The van der Waals surface area contributed by atoms with E-state index in [2.05, 4.69) is 10.3 Å². The highest BCUT2D eigenvalue weighted by Gasteiger charge is 2.08. The van der Waals surface area contributed by atoms with Gasteiger partial charge in [-0.3, -0.25) is 4.79 Å². The largest absolute Gasteiger partial charge is 0.494 e. The van der Waals surface area contributed by atoms with Crippen molar-refractivity contribution >= 4 is 5.78 Å². The Hall–Kier alpha value is -2.21. The Bertz CT molecular complexity index is 548. The molecular weight excluding hydrogens is 244 g/mol. The van der Waals surface area contributed by atoms with Crippen molar-refractivity contribution in [3.63, 3.8) is 0 Å². The third-order valence-corrected chi connectivity index (χ3v) is 2.59. The van der Waals surface area contributed by atoms with E-state index in [1.807, 2.05) is 6.92 Å². The molecule has 6 heteroatoms. The lowest BCUT2D eigenvalue weighted by Gasteiger charge is -2.04. The smallest absolute Gasteiger partial charge is 0.184 e. The zero-order valence-electron chi connectivity index (χ0n) is 10.7. The van der Waals surface area contributed by atoms with Crippen molar-refractivity contribution in [2.45, 2.75) is 20.0 Å². The van der Waals surface area contributed by atoms with Crippen molar-refractivity contribution in [3.05, 3.63) is 41.7 Å². The molecular formula is C13H16N4O2. The van der Waals surface area contributed by atoms with E-state index in [0.29, 0.717) is 24.4 Å². The third kappa shape index (κ3) is 3.38. The number of benzene rings is 1. The number of carbonyl (C=O) groups excluding carboxylic acids is 1. The molecule has 0 radical (unpaired) electrons. The summed E-state index contributed by atoms with van der Waals surface area (Å²) in [4.78, 5) is 12.0. The zero-order valence-corrected chi connectivity index (χ0v) is 10.7. The number of hydrogen-bond donors (Lipinski definition) is 1. The molecule has 1 heterocycles. The second-order valence-electron chi connectivity index (χ2n) is 3.99. The van der Waals surface area contributed by atoms with Crippen LogP contribution in [0.5, 0.6) is 5.75 Å². The van der Waals surface area contributed by atoms with Gasteiger partial charge in [-0.2, -0.15) is 0 Å². The lowest BCUT2D eigenvalue weighted by atomic mass is 10.1. The summed E-state index contributed by atoms with van der Waals surface area (Å²) in [6, 6.07) is 7.05. The molecule has 0 spiro atoms. The van der Waals surface area contributed by atoms with Crippen LogP contribution in [0.1, 0.15) is 23.0 Å². The van der Waals surface area contributed by atoms with E-state index in [1.165, 1.54) is 4.68 Å². The van der Waals surface area contributed by atoms with Gasteiger partial charge >= 0.3 is 0 Å². The molecule has 0 aliphatic rings. The van der Waals surface area contributed by atoms with Crippen LogP contribution in [-0.2, 0) is 13.1 Å². The molecule has 2 aromatic rings. The highest BCUT2D eigenvalue weighted by atomic mass is 16.5. The van der Waals surface area contributed by atoms with Gasteiger partial charge in [0, 0.05) is 12.1 Å². The fourth-order valence-corrected chi connectivity index (χ4v) is 1.65. The quantitative estimate of drug-likeness (QED) is 0.784. The van der Waals surface area contributed by atoms with Gasteiger partial charge in [0.25, 0.3) is 0 Å². The van der Waals surface area contributed by atoms with Gasteiger partial charge in [-0.25, -0.2) is 4.68 Å². The molecule has 0 saturated carbocycles. The van der Waals surface area contributed by atoms with E-state index in [0.717, 1.165) is 5.75 Å². The number of nitrogens with zero attached hydrogens (tertiary/aromatic N) is 3. The van der Waals surface area contributed by atoms with E-state index in [9.17, 15) is 4.79 Å². The van der Waals surface area contributed by atoms with Crippen LogP contribution in [0.3, 0.4) is 0 Å². The summed E-state index contributed by atoms with van der Waals surface area (Å²) in [6.07, 6.45) is 1.67. The van der Waals surface area contributed by atoms with Gasteiger partial charge in [-0.15, -0.1) is 5.10 Å². The lowest BCUT2D eigenvalue weighted by molar-refractivity contribution is 0.0967. The highest BCUT2D eigenvalue weighted by molar-refractivity contribution is 5.95. The molecule has 100 valence electrons. The number of ether oxygens (including phenoxy) is 1. The summed E-state index contributed by atoms with van der Waals surface area (Å²) in [5.74, 6) is 0.724. The van der Waals surface area contributed by atoms with Crippen LogP contribution in [0.25, 0.3) is 0 Å². The molecule has 1 aromatic heterocycles. The minimum atomic E-state index is -0.0310. The lowest BCUT2D eigenvalue weighted by Crippen LogP contribution is -2.11. The van der Waals surface area contributed by atoms with E-state index >= 15 is 0 Å². The average Bonchev–Trinajstić information content (AvgIpc) is 2.87. The van der Waals surface area contributed by atoms with Crippen molar-refractivity contribution in [1.29, 1.82) is 0 Å². The van der Waals surface area contributed by atoms with Crippen molar-refractivity contribution < 1.29 is 9.53 Å².